The van der Waals surface area contributed by atoms with E-state index in [0.29, 0.717) is 5.69 Å². The number of carbonyl (C=O) groups excluding carboxylic acids is 1. The van der Waals surface area contributed by atoms with E-state index in [4.69, 9.17) is 16.4 Å². The topological polar surface area (TPSA) is 97.6 Å². The zero-order valence-electron chi connectivity index (χ0n) is 31.3. The molecule has 0 aliphatic rings. The van der Waals surface area contributed by atoms with E-state index in [0.717, 1.165) is 0 Å². The van der Waals surface area contributed by atoms with Gasteiger partial charge in [0.05, 0.1) is 34.2 Å². The number of nitrogens with one attached hydrogen (secondary N) is 2. The summed E-state index contributed by atoms with van der Waals surface area (Å²) in [7, 11) is 0. The third-order valence-corrected chi connectivity index (χ3v) is 4.79. The van der Waals surface area contributed by atoms with Crippen LogP contribution in [0.3, 0.4) is 0 Å². The Hall–Kier alpha value is -4.85. The maximum atomic E-state index is 13.7. The fraction of sp³-hybridized carbons (Fsp3) is 0.107. The summed E-state index contributed by atoms with van der Waals surface area (Å²) in [5, 5.41) is 5.07. The summed E-state index contributed by atoms with van der Waals surface area (Å²) in [6.45, 7) is 4.57. The first kappa shape index (κ1) is 12.7. The van der Waals surface area contributed by atoms with Crippen molar-refractivity contribution in [1.29, 1.82) is 0 Å². The van der Waals surface area contributed by atoms with E-state index in [-0.39, 0.29) is 46.3 Å². The number of pyridine rings is 1. The van der Waals surface area contributed by atoms with Crippen LogP contribution in [0.2, 0.25) is 0 Å². The van der Waals surface area contributed by atoms with Gasteiger partial charge in [-0.25, -0.2) is 15.0 Å². The Morgan fingerprint density at radius 3 is 2.72 bits per heavy atom. The highest BCUT2D eigenvalue weighted by molar-refractivity contribution is 6.05. The summed E-state index contributed by atoms with van der Waals surface area (Å²) < 4.78 is 101. The molecule has 0 bridgehead atoms. The summed E-state index contributed by atoms with van der Waals surface area (Å²) in [6.07, 6.45) is 1.02. The predicted octanol–water partition coefficient (Wildman–Crippen LogP) is 5.65. The van der Waals surface area contributed by atoms with Gasteiger partial charge in [0, 0.05) is 52.9 Å². The lowest BCUT2D eigenvalue weighted by atomic mass is 10.1. The average molecular weight is 488 g/mol. The molecule has 0 saturated carbocycles. The third kappa shape index (κ3) is 5.12. The molecule has 5 aromatic rings. The van der Waals surface area contributed by atoms with Gasteiger partial charge in [-0.05, 0) is 80.2 Å². The molecule has 2 aromatic carbocycles. The molecule has 0 spiro atoms. The van der Waals surface area contributed by atoms with E-state index < -0.39 is 83.4 Å². The Morgan fingerprint density at radius 1 is 1.00 bits per heavy atom. The highest BCUT2D eigenvalue weighted by Gasteiger charge is 2.12. The van der Waals surface area contributed by atoms with Crippen molar-refractivity contribution in [1.82, 2.24) is 24.5 Å². The summed E-state index contributed by atoms with van der Waals surface area (Å²) in [5.41, 5.74) is -1.18. The zero-order chi connectivity index (χ0) is 35.5. The molecule has 8 nitrogen and oxygen atoms in total. The van der Waals surface area contributed by atoms with Gasteiger partial charge in [-0.15, -0.1) is 0 Å². The first-order chi connectivity index (χ1) is 22.5. The second kappa shape index (κ2) is 9.79. The molecule has 3 heterocycles. The molecule has 3 aromatic heterocycles. The molecular formula is C28H25N7O. The number of aromatic nitrogens is 5. The Kier molecular flexibility index (Phi) is 3.46. The van der Waals surface area contributed by atoms with Crippen LogP contribution in [-0.4, -0.2) is 30.4 Å². The molecule has 0 fully saturated rings. The van der Waals surface area contributed by atoms with Gasteiger partial charge in [-0.2, -0.15) is 0 Å². The van der Waals surface area contributed by atoms with Gasteiger partial charge in [-0.1, -0.05) is 6.04 Å². The van der Waals surface area contributed by atoms with Gasteiger partial charge in [0.15, 0.2) is 0 Å². The van der Waals surface area contributed by atoms with Gasteiger partial charge in [0.25, 0.3) is 5.91 Å². The Bertz CT molecular complexity index is 2190. The van der Waals surface area contributed by atoms with Crippen LogP contribution in [0.25, 0.3) is 16.9 Å². The van der Waals surface area contributed by atoms with Crippen LogP contribution < -0.4 is 10.6 Å². The summed E-state index contributed by atoms with van der Waals surface area (Å²) >= 11 is 0. The van der Waals surface area contributed by atoms with Gasteiger partial charge < -0.3 is 15.2 Å². The van der Waals surface area contributed by atoms with Gasteiger partial charge in [0.2, 0.25) is 5.95 Å². The second-order valence-corrected chi connectivity index (χ2v) is 7.57. The monoisotopic (exact) mass is 487 g/mol. The number of hydrogen-bond acceptors (Lipinski definition) is 6. The second-order valence-electron chi connectivity index (χ2n) is 7.57. The van der Waals surface area contributed by atoms with Gasteiger partial charge in [0.1, 0.15) is 0 Å². The highest BCUT2D eigenvalue weighted by atomic mass is 16.1. The van der Waals surface area contributed by atoms with E-state index >= 15 is 0 Å². The molecule has 0 radical (unpaired) electrons. The Balaban J connectivity index is 1.61. The quantitative estimate of drug-likeness (QED) is 0.321. The minimum Gasteiger partial charge on any atom is -0.324 e. The lowest BCUT2D eigenvalue weighted by molar-refractivity contribution is 0.102. The molecule has 8 heteroatoms. The molecule has 0 aliphatic heterocycles. The zero-order valence-corrected chi connectivity index (χ0v) is 19.3. The van der Waals surface area contributed by atoms with E-state index in [1.807, 2.05) is 0 Å². The van der Waals surface area contributed by atoms with Crippen LogP contribution in [0, 0.1) is 20.8 Å². The normalized spacial score (nSPS) is 15.4. The van der Waals surface area contributed by atoms with Crippen molar-refractivity contribution in [3.63, 3.8) is 0 Å². The number of nitrogens with zero attached hydrogens (tertiary/aromatic N) is 5. The third-order valence-electron chi connectivity index (χ3n) is 4.79. The first-order valence-corrected chi connectivity index (χ1v) is 10.6. The number of hydrogen-bond donors (Lipinski definition) is 2. The number of anilines is 3. The molecule has 1 amide bonds. The van der Waals surface area contributed by atoms with Crippen LogP contribution >= 0.6 is 0 Å². The number of amides is 1. The minimum atomic E-state index is -1.10. The van der Waals surface area contributed by atoms with Crippen molar-refractivity contribution in [3.05, 3.63) is 108 Å². The summed E-state index contributed by atoms with van der Waals surface area (Å²) in [4.78, 5) is 29.4. The van der Waals surface area contributed by atoms with E-state index in [1.165, 1.54) is 24.7 Å². The van der Waals surface area contributed by atoms with Gasteiger partial charge in [-0.3, -0.25) is 9.78 Å². The molecular weight excluding hydrogens is 450 g/mol. The largest absolute Gasteiger partial charge is 0.324 e. The standard InChI is InChI=1S/C28H25N7O/c1-18-11-23(14-24(12-18)35-16-20(3)31-17-35)32-27(36)21-7-6-19(2)26(13-21)34-28-30-10-8-25(33-28)22-5-4-9-29-15-22/h4-17H,1-3H3,(H,32,36)(H,30,33,34)/i4D,5D,6D,7D,8D,9D,10D,11D,12D,13D,14D,15D. The number of rotatable bonds is 6. The van der Waals surface area contributed by atoms with Crippen LogP contribution in [0.1, 0.15) is 43.6 Å². The number of benzene rings is 2. The molecule has 0 unspecified atom stereocenters. The lowest BCUT2D eigenvalue weighted by Crippen LogP contribution is -2.13. The predicted molar refractivity (Wildman–Crippen MR) is 141 cm³/mol. The fourth-order valence-electron chi connectivity index (χ4n) is 3.12. The van der Waals surface area contributed by atoms with E-state index in [9.17, 15) is 4.79 Å². The van der Waals surface area contributed by atoms with Crippen molar-refractivity contribution < 1.29 is 21.2 Å². The Morgan fingerprint density at radius 2 is 1.89 bits per heavy atom. The first-order valence-electron chi connectivity index (χ1n) is 16.6. The fourth-order valence-corrected chi connectivity index (χ4v) is 3.12. The number of imidazole rings is 1. The van der Waals surface area contributed by atoms with Crippen molar-refractivity contribution in [3.8, 4) is 16.9 Å². The number of aryl methyl sites for hydroxylation is 1. The average Bonchev–Trinajstić information content (AvgIpc) is 3.45. The van der Waals surface area contributed by atoms with Crippen molar-refractivity contribution in [2.75, 3.05) is 10.6 Å². The molecule has 0 saturated heterocycles. The molecule has 5 rings (SSSR count). The van der Waals surface area contributed by atoms with Gasteiger partial charge >= 0.3 is 0 Å². The smallest absolute Gasteiger partial charge is 0.255 e. The van der Waals surface area contributed by atoms with Crippen molar-refractivity contribution in [2.45, 2.75) is 20.8 Å². The molecule has 178 valence electrons. The Labute approximate surface area is 226 Å². The van der Waals surface area contributed by atoms with E-state index in [2.05, 4.69) is 30.6 Å². The van der Waals surface area contributed by atoms with Crippen molar-refractivity contribution in [2.24, 2.45) is 0 Å². The highest BCUT2D eigenvalue weighted by Crippen LogP contribution is 2.24. The number of carbonyl (C=O) groups is 1. The molecule has 0 atom stereocenters. The van der Waals surface area contributed by atoms with E-state index in [1.54, 1.807) is 13.1 Å². The lowest BCUT2D eigenvalue weighted by Gasteiger charge is -2.13. The van der Waals surface area contributed by atoms with Crippen LogP contribution in [0.15, 0.2) is 85.4 Å². The van der Waals surface area contributed by atoms with Crippen molar-refractivity contribution >= 4 is 23.2 Å². The maximum Gasteiger partial charge on any atom is 0.255 e. The molecule has 0 aliphatic carbocycles. The SMILES string of the molecule is [2H]c1nc(Nc2c([2H])c(C(=O)Nc3c([2H])c(C)c([2H])c(-n4cnc(C)c4)c3[2H])c([2H])c([2H])c2C)nc(-c2c([2H])nc([2H])c([2H])c2[2H])c1[2H]. The molecule has 36 heavy (non-hydrogen) atoms. The van der Waals surface area contributed by atoms with Crippen LogP contribution in [0.5, 0.6) is 0 Å². The van der Waals surface area contributed by atoms with Crippen LogP contribution in [0.4, 0.5) is 17.3 Å². The minimum absolute atomic E-state index is 0.0127. The maximum absolute atomic E-state index is 13.7. The molecule has 2 N–H and O–H groups in total. The summed E-state index contributed by atoms with van der Waals surface area (Å²) in [5.74, 6) is -1.53. The summed E-state index contributed by atoms with van der Waals surface area (Å²) in [6, 6.07) is -4.42. The van der Waals surface area contributed by atoms with Crippen LogP contribution in [-0.2, 0) is 0 Å².